The number of rotatable bonds is 10. The van der Waals surface area contributed by atoms with Gasteiger partial charge in [0.05, 0.1) is 0 Å². The lowest BCUT2D eigenvalue weighted by atomic mass is 9.99. The SMILES string of the molecule is CCCCC(CC)Cn1c2ccc(-c3ccc(C=O)cc3)cc2c2cc(-c3ccc(C=O)cc3)ccc21. The van der Waals surface area contributed by atoms with Crippen molar-refractivity contribution in [3.63, 3.8) is 0 Å². The summed E-state index contributed by atoms with van der Waals surface area (Å²) in [4.78, 5) is 22.2. The Morgan fingerprint density at radius 2 is 1.11 bits per heavy atom. The summed E-state index contributed by atoms with van der Waals surface area (Å²) >= 11 is 0. The summed E-state index contributed by atoms with van der Waals surface area (Å²) in [5.41, 5.74) is 8.37. The summed E-state index contributed by atoms with van der Waals surface area (Å²) in [5.74, 6) is 0.643. The molecule has 0 bridgehead atoms. The molecule has 0 amide bonds. The third-order valence-corrected chi connectivity index (χ3v) is 7.61. The van der Waals surface area contributed by atoms with Crippen LogP contribution in [0.2, 0.25) is 0 Å². The topological polar surface area (TPSA) is 39.1 Å². The van der Waals surface area contributed by atoms with E-state index >= 15 is 0 Å². The molecule has 1 aromatic heterocycles. The van der Waals surface area contributed by atoms with E-state index in [4.69, 9.17) is 0 Å². The zero-order chi connectivity index (χ0) is 25.8. The molecule has 0 aliphatic heterocycles. The number of nitrogens with zero attached hydrogens (tertiary/aromatic N) is 1. The van der Waals surface area contributed by atoms with E-state index in [1.807, 2.05) is 48.5 Å². The average Bonchev–Trinajstić information content (AvgIpc) is 3.27. The Labute approximate surface area is 218 Å². The molecule has 0 aliphatic carbocycles. The van der Waals surface area contributed by atoms with Gasteiger partial charge >= 0.3 is 0 Å². The summed E-state index contributed by atoms with van der Waals surface area (Å²) in [6.45, 7) is 5.58. The van der Waals surface area contributed by atoms with Gasteiger partial charge in [-0.2, -0.15) is 0 Å². The second kappa shape index (κ2) is 11.0. The monoisotopic (exact) mass is 487 g/mol. The molecule has 0 saturated carbocycles. The Kier molecular flexibility index (Phi) is 7.32. The number of fused-ring (bicyclic) bond motifs is 3. The molecule has 5 aromatic rings. The van der Waals surface area contributed by atoms with E-state index in [1.54, 1.807) is 0 Å². The highest BCUT2D eigenvalue weighted by molar-refractivity contribution is 6.10. The molecule has 0 radical (unpaired) electrons. The van der Waals surface area contributed by atoms with Gasteiger partial charge in [-0.25, -0.2) is 0 Å². The van der Waals surface area contributed by atoms with E-state index in [-0.39, 0.29) is 0 Å². The normalized spacial score (nSPS) is 12.2. The van der Waals surface area contributed by atoms with Gasteiger partial charge in [0.25, 0.3) is 0 Å². The minimum absolute atomic E-state index is 0.643. The van der Waals surface area contributed by atoms with Crippen LogP contribution < -0.4 is 0 Å². The zero-order valence-corrected chi connectivity index (χ0v) is 21.6. The van der Waals surface area contributed by atoms with Gasteiger partial charge in [0.1, 0.15) is 12.6 Å². The van der Waals surface area contributed by atoms with E-state index in [9.17, 15) is 9.59 Å². The lowest BCUT2D eigenvalue weighted by molar-refractivity contribution is 0.111. The smallest absolute Gasteiger partial charge is 0.150 e. The van der Waals surface area contributed by atoms with Crippen molar-refractivity contribution in [3.05, 3.63) is 96.1 Å². The average molecular weight is 488 g/mol. The van der Waals surface area contributed by atoms with Gasteiger partial charge in [-0.3, -0.25) is 9.59 Å². The minimum Gasteiger partial charge on any atom is -0.340 e. The summed E-state index contributed by atoms with van der Waals surface area (Å²) in [6.07, 6.45) is 6.67. The number of aromatic nitrogens is 1. The highest BCUT2D eigenvalue weighted by Crippen LogP contribution is 2.36. The molecular formula is C34H33NO2. The van der Waals surface area contributed by atoms with Crippen LogP contribution in [0.4, 0.5) is 0 Å². The largest absolute Gasteiger partial charge is 0.340 e. The highest BCUT2D eigenvalue weighted by atomic mass is 16.1. The predicted octanol–water partition coefficient (Wildman–Crippen LogP) is 8.97. The van der Waals surface area contributed by atoms with Crippen LogP contribution in [0, 0.1) is 5.92 Å². The van der Waals surface area contributed by atoms with Crippen LogP contribution in [0.5, 0.6) is 0 Å². The van der Waals surface area contributed by atoms with Gasteiger partial charge in [0.15, 0.2) is 0 Å². The first-order chi connectivity index (χ1) is 18.1. The van der Waals surface area contributed by atoms with Crippen LogP contribution in [-0.2, 0) is 6.54 Å². The quantitative estimate of drug-likeness (QED) is 0.184. The van der Waals surface area contributed by atoms with Crippen LogP contribution >= 0.6 is 0 Å². The molecule has 186 valence electrons. The first kappa shape index (κ1) is 24.7. The second-order valence-electron chi connectivity index (χ2n) is 9.97. The van der Waals surface area contributed by atoms with E-state index in [2.05, 4.69) is 54.8 Å². The van der Waals surface area contributed by atoms with Crippen molar-refractivity contribution < 1.29 is 9.59 Å². The van der Waals surface area contributed by atoms with Crippen molar-refractivity contribution >= 4 is 34.4 Å². The van der Waals surface area contributed by atoms with Crippen molar-refractivity contribution in [2.75, 3.05) is 0 Å². The fourth-order valence-electron chi connectivity index (χ4n) is 5.34. The molecule has 1 heterocycles. The van der Waals surface area contributed by atoms with Gasteiger partial charge < -0.3 is 4.57 Å². The fourth-order valence-corrected chi connectivity index (χ4v) is 5.34. The number of hydrogen-bond acceptors (Lipinski definition) is 2. The highest BCUT2D eigenvalue weighted by Gasteiger charge is 2.16. The van der Waals surface area contributed by atoms with Crippen LogP contribution in [0.25, 0.3) is 44.1 Å². The van der Waals surface area contributed by atoms with E-state index < -0.39 is 0 Å². The van der Waals surface area contributed by atoms with Crippen LogP contribution in [0.15, 0.2) is 84.9 Å². The summed E-state index contributed by atoms with van der Waals surface area (Å²) < 4.78 is 2.51. The van der Waals surface area contributed by atoms with Crippen molar-refractivity contribution in [2.24, 2.45) is 5.92 Å². The van der Waals surface area contributed by atoms with Crippen molar-refractivity contribution in [1.82, 2.24) is 4.57 Å². The second-order valence-corrected chi connectivity index (χ2v) is 9.97. The van der Waals surface area contributed by atoms with Crippen molar-refractivity contribution in [1.29, 1.82) is 0 Å². The molecule has 0 aliphatic rings. The van der Waals surface area contributed by atoms with Crippen LogP contribution in [0.1, 0.15) is 60.2 Å². The number of carbonyl (C=O) groups is 2. The fraction of sp³-hybridized carbons (Fsp3) is 0.235. The number of aldehydes is 2. The maximum atomic E-state index is 11.1. The molecular weight excluding hydrogens is 454 g/mol. The van der Waals surface area contributed by atoms with Gasteiger partial charge in [0.2, 0.25) is 0 Å². The molecule has 1 atom stereocenters. The third-order valence-electron chi connectivity index (χ3n) is 7.61. The number of hydrogen-bond donors (Lipinski definition) is 0. The Morgan fingerprint density at radius 1 is 0.649 bits per heavy atom. The zero-order valence-electron chi connectivity index (χ0n) is 21.6. The van der Waals surface area contributed by atoms with Crippen LogP contribution in [0.3, 0.4) is 0 Å². The Hall–Kier alpha value is -3.98. The number of carbonyl (C=O) groups excluding carboxylic acids is 2. The molecule has 0 fully saturated rings. The van der Waals surface area contributed by atoms with Crippen molar-refractivity contribution in [2.45, 2.75) is 46.1 Å². The van der Waals surface area contributed by atoms with Gasteiger partial charge in [-0.1, -0.05) is 93.8 Å². The number of benzene rings is 4. The molecule has 3 nitrogen and oxygen atoms in total. The summed E-state index contributed by atoms with van der Waals surface area (Å²) in [6, 6.07) is 29.0. The Morgan fingerprint density at radius 3 is 1.51 bits per heavy atom. The molecule has 0 saturated heterocycles. The minimum atomic E-state index is 0.643. The first-order valence-electron chi connectivity index (χ1n) is 13.3. The molecule has 0 N–H and O–H groups in total. The maximum Gasteiger partial charge on any atom is 0.150 e. The van der Waals surface area contributed by atoms with Crippen LogP contribution in [-0.4, -0.2) is 17.1 Å². The van der Waals surface area contributed by atoms with E-state index in [1.165, 1.54) is 47.5 Å². The van der Waals surface area contributed by atoms with Gasteiger partial charge in [-0.15, -0.1) is 0 Å². The molecule has 1 unspecified atom stereocenters. The summed E-state index contributed by atoms with van der Waals surface area (Å²) in [5, 5.41) is 2.48. The Bertz CT molecular complexity index is 1430. The molecule has 4 aromatic carbocycles. The lowest BCUT2D eigenvalue weighted by Gasteiger charge is -2.17. The molecule has 3 heteroatoms. The van der Waals surface area contributed by atoms with E-state index in [0.717, 1.165) is 41.4 Å². The lowest BCUT2D eigenvalue weighted by Crippen LogP contribution is -2.10. The van der Waals surface area contributed by atoms with E-state index in [0.29, 0.717) is 17.0 Å². The van der Waals surface area contributed by atoms with Gasteiger partial charge in [0, 0.05) is 39.5 Å². The predicted molar refractivity (Wildman–Crippen MR) is 154 cm³/mol. The standard InChI is InChI=1S/C34H33NO2/c1-3-5-6-24(4-2)21-35-33-17-15-29(27-11-7-25(22-36)8-12-27)19-31(33)32-20-30(16-18-34(32)35)28-13-9-26(23-37)10-14-28/h7-20,22-24H,3-6,21H2,1-2H3. The van der Waals surface area contributed by atoms with Gasteiger partial charge in [-0.05, 0) is 58.9 Å². The number of unbranched alkanes of at least 4 members (excludes halogenated alkanes) is 1. The third kappa shape index (κ3) is 4.99. The first-order valence-corrected chi connectivity index (χ1v) is 13.3. The molecule has 0 spiro atoms. The molecule has 5 rings (SSSR count). The Balaban J connectivity index is 1.66. The van der Waals surface area contributed by atoms with Crippen molar-refractivity contribution in [3.8, 4) is 22.3 Å². The summed E-state index contributed by atoms with van der Waals surface area (Å²) in [7, 11) is 0. The maximum absolute atomic E-state index is 11.1. The molecule has 37 heavy (non-hydrogen) atoms.